The molecule has 0 aliphatic rings. The fraction of sp³-hybridized carbons (Fsp3) is 0.500. The smallest absolute Gasteiger partial charge is 0.148 e. The monoisotopic (exact) mass is 236 g/mol. The van der Waals surface area contributed by atoms with E-state index in [1.165, 1.54) is 5.56 Å². The molecule has 0 aromatic heterocycles. The van der Waals surface area contributed by atoms with E-state index in [0.717, 1.165) is 19.1 Å². The Bertz CT molecular complexity index is 298. The lowest BCUT2D eigenvalue weighted by atomic mass is 10.2. The number of hydrogen-bond donors (Lipinski definition) is 0. The summed E-state index contributed by atoms with van der Waals surface area (Å²) >= 11 is 0. The number of ether oxygens (including phenoxy) is 2. The molecule has 1 aromatic carbocycles. The molecule has 1 unspecified atom stereocenters. The van der Waals surface area contributed by atoms with Gasteiger partial charge in [0.05, 0.1) is 6.61 Å². The van der Waals surface area contributed by atoms with Crippen molar-refractivity contribution < 1.29 is 14.3 Å². The van der Waals surface area contributed by atoms with E-state index in [9.17, 15) is 4.79 Å². The van der Waals surface area contributed by atoms with Crippen LogP contribution in [0, 0.1) is 0 Å². The molecule has 0 amide bonds. The Morgan fingerprint density at radius 3 is 2.65 bits per heavy atom. The fourth-order valence-corrected chi connectivity index (χ4v) is 1.41. The molecule has 0 aliphatic heterocycles. The topological polar surface area (TPSA) is 35.5 Å². The summed E-state index contributed by atoms with van der Waals surface area (Å²) in [6.07, 6.45) is 2.14. The largest absolute Gasteiger partial charge is 0.377 e. The minimum absolute atomic E-state index is 0.260. The zero-order valence-corrected chi connectivity index (χ0v) is 10.3. The van der Waals surface area contributed by atoms with E-state index in [2.05, 4.69) is 0 Å². The minimum atomic E-state index is -0.260. The first-order valence-electron chi connectivity index (χ1n) is 6.05. The van der Waals surface area contributed by atoms with Gasteiger partial charge in [-0.25, -0.2) is 0 Å². The molecule has 0 radical (unpaired) electrons. The third-order valence-electron chi connectivity index (χ3n) is 2.43. The van der Waals surface area contributed by atoms with Crippen LogP contribution in [0.2, 0.25) is 0 Å². The van der Waals surface area contributed by atoms with Crippen LogP contribution in [-0.4, -0.2) is 25.6 Å². The predicted octanol–water partition coefficient (Wildman–Crippen LogP) is 2.59. The Balaban J connectivity index is 2.00. The van der Waals surface area contributed by atoms with E-state index in [1.807, 2.05) is 37.3 Å². The first-order chi connectivity index (χ1) is 8.36. The number of benzene rings is 1. The molecule has 1 rings (SSSR count). The van der Waals surface area contributed by atoms with E-state index in [1.54, 1.807) is 0 Å². The van der Waals surface area contributed by atoms with Gasteiger partial charge in [0.1, 0.15) is 12.4 Å². The van der Waals surface area contributed by atoms with Gasteiger partial charge in [-0.1, -0.05) is 37.3 Å². The van der Waals surface area contributed by atoms with Crippen LogP contribution < -0.4 is 0 Å². The molecule has 3 nitrogen and oxygen atoms in total. The second kappa shape index (κ2) is 8.90. The zero-order valence-electron chi connectivity index (χ0n) is 10.3. The average Bonchev–Trinajstić information content (AvgIpc) is 2.39. The molecule has 17 heavy (non-hydrogen) atoms. The molecule has 0 spiro atoms. The van der Waals surface area contributed by atoms with Crippen molar-refractivity contribution >= 4 is 6.29 Å². The van der Waals surface area contributed by atoms with Crippen molar-refractivity contribution in [2.75, 3.05) is 13.2 Å². The highest BCUT2D eigenvalue weighted by atomic mass is 16.5. The molecule has 0 N–H and O–H groups in total. The van der Waals surface area contributed by atoms with E-state index < -0.39 is 0 Å². The van der Waals surface area contributed by atoms with Gasteiger partial charge in [0.2, 0.25) is 0 Å². The number of aldehydes is 1. The van der Waals surface area contributed by atoms with Crippen molar-refractivity contribution in [3.05, 3.63) is 35.9 Å². The van der Waals surface area contributed by atoms with Gasteiger partial charge in [-0.2, -0.15) is 0 Å². The van der Waals surface area contributed by atoms with Crippen LogP contribution in [-0.2, 0) is 20.9 Å². The molecule has 0 aliphatic carbocycles. The number of rotatable bonds is 9. The molecule has 1 atom stereocenters. The Labute approximate surface area is 103 Å². The second-order valence-electron chi connectivity index (χ2n) is 3.85. The normalized spacial score (nSPS) is 12.3. The predicted molar refractivity (Wildman–Crippen MR) is 66.8 cm³/mol. The molecule has 0 bridgehead atoms. The van der Waals surface area contributed by atoms with Crippen molar-refractivity contribution in [3.63, 3.8) is 0 Å². The Hall–Kier alpha value is -1.19. The summed E-state index contributed by atoms with van der Waals surface area (Å²) in [7, 11) is 0. The quantitative estimate of drug-likeness (QED) is 0.488. The summed E-state index contributed by atoms with van der Waals surface area (Å²) in [5.41, 5.74) is 1.17. The first-order valence-corrected chi connectivity index (χ1v) is 6.05. The standard InChI is InChI=1S/C14H20O3/c1-2-14(11-15)17-10-6-9-16-12-13-7-4-3-5-8-13/h3-5,7-8,11,14H,2,6,9-10,12H2,1H3. The maximum absolute atomic E-state index is 10.5. The van der Waals surface area contributed by atoms with Crippen LogP contribution in [0.3, 0.4) is 0 Å². The van der Waals surface area contributed by atoms with Crippen molar-refractivity contribution in [2.24, 2.45) is 0 Å². The van der Waals surface area contributed by atoms with E-state index in [-0.39, 0.29) is 6.10 Å². The van der Waals surface area contributed by atoms with Crippen LogP contribution in [0.25, 0.3) is 0 Å². The number of carbonyl (C=O) groups excluding carboxylic acids is 1. The van der Waals surface area contributed by atoms with Crippen molar-refractivity contribution in [1.29, 1.82) is 0 Å². The van der Waals surface area contributed by atoms with Crippen LogP contribution >= 0.6 is 0 Å². The van der Waals surface area contributed by atoms with Gasteiger partial charge in [0, 0.05) is 13.2 Å². The van der Waals surface area contributed by atoms with E-state index >= 15 is 0 Å². The second-order valence-corrected chi connectivity index (χ2v) is 3.85. The summed E-state index contributed by atoms with van der Waals surface area (Å²) in [6, 6.07) is 10.1. The Morgan fingerprint density at radius 2 is 2.00 bits per heavy atom. The maximum Gasteiger partial charge on any atom is 0.148 e. The average molecular weight is 236 g/mol. The molecule has 3 heteroatoms. The molecular formula is C14H20O3. The molecule has 0 heterocycles. The SMILES string of the molecule is CCC(C=O)OCCCOCc1ccccc1. The molecule has 0 saturated heterocycles. The lowest BCUT2D eigenvalue weighted by Gasteiger charge is -2.09. The molecule has 0 fully saturated rings. The third kappa shape index (κ3) is 6.19. The Kier molecular flexibility index (Phi) is 7.27. The van der Waals surface area contributed by atoms with Gasteiger partial charge >= 0.3 is 0 Å². The van der Waals surface area contributed by atoms with Gasteiger partial charge in [-0.3, -0.25) is 0 Å². The summed E-state index contributed by atoms with van der Waals surface area (Å²) < 4.78 is 10.8. The summed E-state index contributed by atoms with van der Waals surface area (Å²) in [6.45, 7) is 3.80. The van der Waals surface area contributed by atoms with Crippen molar-refractivity contribution in [3.8, 4) is 0 Å². The zero-order chi connectivity index (χ0) is 12.3. The molecule has 94 valence electrons. The van der Waals surface area contributed by atoms with Crippen molar-refractivity contribution in [2.45, 2.75) is 32.5 Å². The van der Waals surface area contributed by atoms with Crippen LogP contribution in [0.15, 0.2) is 30.3 Å². The summed E-state index contributed by atoms with van der Waals surface area (Å²) in [5.74, 6) is 0. The fourth-order valence-electron chi connectivity index (χ4n) is 1.41. The van der Waals surface area contributed by atoms with Crippen LogP contribution in [0.5, 0.6) is 0 Å². The highest BCUT2D eigenvalue weighted by Gasteiger charge is 2.02. The Morgan fingerprint density at radius 1 is 1.24 bits per heavy atom. The highest BCUT2D eigenvalue weighted by Crippen LogP contribution is 2.01. The molecule has 0 saturated carbocycles. The van der Waals surface area contributed by atoms with Gasteiger partial charge in [-0.05, 0) is 18.4 Å². The van der Waals surface area contributed by atoms with E-state index in [4.69, 9.17) is 9.47 Å². The highest BCUT2D eigenvalue weighted by molar-refractivity contribution is 5.55. The summed E-state index contributed by atoms with van der Waals surface area (Å²) in [4.78, 5) is 10.5. The minimum Gasteiger partial charge on any atom is -0.377 e. The lowest BCUT2D eigenvalue weighted by Crippen LogP contribution is -2.14. The third-order valence-corrected chi connectivity index (χ3v) is 2.43. The van der Waals surface area contributed by atoms with E-state index in [0.29, 0.717) is 19.8 Å². The van der Waals surface area contributed by atoms with Gasteiger partial charge in [0.25, 0.3) is 0 Å². The van der Waals surface area contributed by atoms with Gasteiger partial charge < -0.3 is 14.3 Å². The molecule has 1 aromatic rings. The van der Waals surface area contributed by atoms with Crippen LogP contribution in [0.4, 0.5) is 0 Å². The number of carbonyl (C=O) groups is 1. The number of hydrogen-bond acceptors (Lipinski definition) is 3. The van der Waals surface area contributed by atoms with Crippen LogP contribution in [0.1, 0.15) is 25.3 Å². The van der Waals surface area contributed by atoms with Gasteiger partial charge in [-0.15, -0.1) is 0 Å². The molecular weight excluding hydrogens is 216 g/mol. The lowest BCUT2D eigenvalue weighted by molar-refractivity contribution is -0.118. The van der Waals surface area contributed by atoms with Crippen molar-refractivity contribution in [1.82, 2.24) is 0 Å². The first kappa shape index (κ1) is 13.9. The maximum atomic E-state index is 10.5. The summed E-state index contributed by atoms with van der Waals surface area (Å²) in [5, 5.41) is 0. The van der Waals surface area contributed by atoms with Gasteiger partial charge in [0.15, 0.2) is 0 Å².